The van der Waals surface area contributed by atoms with Crippen LogP contribution in [0.5, 0.6) is 11.8 Å². The topological polar surface area (TPSA) is 54.9 Å². The second-order valence-corrected chi connectivity index (χ2v) is 6.71. The van der Waals surface area contributed by atoms with Crippen LogP contribution < -0.4 is 9.47 Å². The summed E-state index contributed by atoms with van der Waals surface area (Å²) in [6.45, 7) is 6.07. The first-order valence-electron chi connectivity index (χ1n) is 8.78. The van der Waals surface area contributed by atoms with Crippen LogP contribution >= 0.6 is 0 Å². The Balaban J connectivity index is 1.80. The Morgan fingerprint density at radius 3 is 2.75 bits per heavy atom. The van der Waals surface area contributed by atoms with Crippen molar-refractivity contribution >= 4 is 5.91 Å². The van der Waals surface area contributed by atoms with Crippen LogP contribution in [0.4, 0.5) is 0 Å². The third kappa shape index (κ3) is 3.34. The number of aromatic nitrogens is 1. The van der Waals surface area contributed by atoms with Gasteiger partial charge in [-0.2, -0.15) is 4.98 Å². The van der Waals surface area contributed by atoms with Gasteiger partial charge >= 0.3 is 0 Å². The fraction of sp³-hybridized carbons (Fsp3) is 0.667. The summed E-state index contributed by atoms with van der Waals surface area (Å²) in [6, 6.07) is 3.94. The molecule has 0 aliphatic carbocycles. The Morgan fingerprint density at radius 2 is 2.04 bits per heavy atom. The number of carbonyl (C=O) groups excluding carboxylic acids is 1. The van der Waals surface area contributed by atoms with Crippen LogP contribution in [0.15, 0.2) is 12.1 Å². The number of methoxy groups -OCH3 is 2. The number of pyridine rings is 1. The van der Waals surface area contributed by atoms with Crippen LogP contribution in [0.3, 0.4) is 0 Å². The number of hydrogen-bond acceptors (Lipinski definition) is 5. The fourth-order valence-electron chi connectivity index (χ4n) is 3.93. The summed E-state index contributed by atoms with van der Waals surface area (Å²) < 4.78 is 10.4. The van der Waals surface area contributed by atoms with Crippen LogP contribution in [0.1, 0.15) is 36.5 Å². The van der Waals surface area contributed by atoms with Crippen LogP contribution in [-0.2, 0) is 0 Å². The van der Waals surface area contributed by atoms with E-state index in [0.29, 0.717) is 29.3 Å². The Morgan fingerprint density at radius 1 is 1.21 bits per heavy atom. The smallest absolute Gasteiger partial charge is 0.259 e. The SMILES string of the molecule is CCCN1C[C@H]2CC[C@@H]1CN(C(=O)c1ccc(OC)nc1OC)C2. The minimum atomic E-state index is 0.0113. The van der Waals surface area contributed by atoms with Crippen molar-refractivity contribution < 1.29 is 14.3 Å². The zero-order valence-corrected chi connectivity index (χ0v) is 14.8. The molecule has 6 heteroatoms. The molecule has 132 valence electrons. The third-order valence-corrected chi connectivity index (χ3v) is 5.09. The molecule has 6 nitrogen and oxygen atoms in total. The molecule has 1 amide bonds. The second kappa shape index (κ2) is 7.38. The van der Waals surface area contributed by atoms with Gasteiger partial charge in [0.25, 0.3) is 5.91 Å². The van der Waals surface area contributed by atoms with Gasteiger partial charge in [0.1, 0.15) is 5.56 Å². The normalized spacial score (nSPS) is 23.9. The molecule has 3 aliphatic rings. The van der Waals surface area contributed by atoms with Gasteiger partial charge in [-0.3, -0.25) is 9.69 Å². The first-order valence-corrected chi connectivity index (χ1v) is 8.78. The molecule has 2 atom stereocenters. The fourth-order valence-corrected chi connectivity index (χ4v) is 3.93. The minimum Gasteiger partial charge on any atom is -0.481 e. The number of ether oxygens (including phenoxy) is 2. The molecule has 3 saturated heterocycles. The molecule has 0 aromatic carbocycles. The number of fused-ring (bicyclic) bond motifs is 4. The van der Waals surface area contributed by atoms with Crippen LogP contribution in [-0.4, -0.2) is 67.1 Å². The second-order valence-electron chi connectivity index (χ2n) is 6.71. The summed E-state index contributed by atoms with van der Waals surface area (Å²) in [5.74, 6) is 1.36. The molecule has 0 saturated carbocycles. The van der Waals surface area contributed by atoms with E-state index in [0.717, 1.165) is 32.6 Å². The molecule has 1 aromatic rings. The first kappa shape index (κ1) is 17.0. The zero-order valence-electron chi connectivity index (χ0n) is 14.8. The van der Waals surface area contributed by atoms with E-state index in [1.807, 2.05) is 4.90 Å². The van der Waals surface area contributed by atoms with Crippen LogP contribution in [0.2, 0.25) is 0 Å². The molecule has 1 aromatic heterocycles. The van der Waals surface area contributed by atoms with E-state index >= 15 is 0 Å². The molecule has 4 heterocycles. The van der Waals surface area contributed by atoms with Gasteiger partial charge in [-0.05, 0) is 37.8 Å². The maximum atomic E-state index is 13.1. The van der Waals surface area contributed by atoms with Crippen molar-refractivity contribution in [2.45, 2.75) is 32.2 Å². The molecule has 0 spiro atoms. The number of rotatable bonds is 5. The van der Waals surface area contributed by atoms with Gasteiger partial charge in [0.2, 0.25) is 11.8 Å². The summed E-state index contributed by atoms with van der Waals surface area (Å²) in [4.78, 5) is 21.9. The van der Waals surface area contributed by atoms with Crippen molar-refractivity contribution in [2.75, 3.05) is 40.4 Å². The maximum absolute atomic E-state index is 13.1. The lowest BCUT2D eigenvalue weighted by Gasteiger charge is -2.35. The summed E-state index contributed by atoms with van der Waals surface area (Å²) in [5, 5.41) is 0. The Kier molecular flexibility index (Phi) is 5.23. The van der Waals surface area contributed by atoms with Gasteiger partial charge in [0.15, 0.2) is 0 Å². The Bertz CT molecular complexity index is 593. The molecular formula is C18H27N3O3. The van der Waals surface area contributed by atoms with E-state index in [9.17, 15) is 4.79 Å². The number of hydrogen-bond donors (Lipinski definition) is 0. The highest BCUT2D eigenvalue weighted by Crippen LogP contribution is 2.30. The van der Waals surface area contributed by atoms with Crippen molar-refractivity contribution in [3.8, 4) is 11.8 Å². The molecule has 0 N–H and O–H groups in total. The van der Waals surface area contributed by atoms with Gasteiger partial charge in [-0.15, -0.1) is 0 Å². The highest BCUT2D eigenvalue weighted by Gasteiger charge is 2.36. The lowest BCUT2D eigenvalue weighted by atomic mass is 9.95. The number of amides is 1. The van der Waals surface area contributed by atoms with Crippen LogP contribution in [0, 0.1) is 5.92 Å². The molecule has 2 bridgehead atoms. The van der Waals surface area contributed by atoms with E-state index in [2.05, 4.69) is 16.8 Å². The summed E-state index contributed by atoms with van der Waals surface area (Å²) in [6.07, 6.45) is 3.56. The van der Waals surface area contributed by atoms with Crippen LogP contribution in [0.25, 0.3) is 0 Å². The van der Waals surface area contributed by atoms with Crippen molar-refractivity contribution in [1.29, 1.82) is 0 Å². The molecule has 3 fully saturated rings. The molecule has 0 radical (unpaired) electrons. The number of nitrogens with zero attached hydrogens (tertiary/aromatic N) is 3. The van der Waals surface area contributed by atoms with Gasteiger partial charge in [0.05, 0.1) is 14.2 Å². The van der Waals surface area contributed by atoms with Gasteiger partial charge in [0, 0.05) is 31.7 Å². The largest absolute Gasteiger partial charge is 0.481 e. The molecule has 4 rings (SSSR count). The zero-order chi connectivity index (χ0) is 17.1. The van der Waals surface area contributed by atoms with Gasteiger partial charge < -0.3 is 14.4 Å². The van der Waals surface area contributed by atoms with Crippen molar-refractivity contribution in [1.82, 2.24) is 14.8 Å². The van der Waals surface area contributed by atoms with E-state index in [4.69, 9.17) is 9.47 Å². The lowest BCUT2D eigenvalue weighted by Crippen LogP contribution is -2.44. The summed E-state index contributed by atoms with van der Waals surface area (Å²) in [5.41, 5.74) is 0.515. The first-order chi connectivity index (χ1) is 11.7. The average Bonchev–Trinajstić information content (AvgIpc) is 2.92. The number of piperidine rings is 1. The molecule has 3 aliphatic heterocycles. The van der Waals surface area contributed by atoms with E-state index < -0.39 is 0 Å². The summed E-state index contributed by atoms with van der Waals surface area (Å²) >= 11 is 0. The van der Waals surface area contributed by atoms with E-state index in [1.165, 1.54) is 20.0 Å². The molecule has 0 unspecified atom stereocenters. The van der Waals surface area contributed by atoms with E-state index in [-0.39, 0.29) is 5.91 Å². The van der Waals surface area contributed by atoms with Crippen molar-refractivity contribution in [3.05, 3.63) is 17.7 Å². The van der Waals surface area contributed by atoms with Crippen molar-refractivity contribution in [2.24, 2.45) is 5.92 Å². The third-order valence-electron chi connectivity index (χ3n) is 5.09. The maximum Gasteiger partial charge on any atom is 0.259 e. The Labute approximate surface area is 143 Å². The average molecular weight is 333 g/mol. The van der Waals surface area contributed by atoms with Crippen molar-refractivity contribution in [3.63, 3.8) is 0 Å². The highest BCUT2D eigenvalue weighted by molar-refractivity contribution is 5.96. The minimum absolute atomic E-state index is 0.0113. The standard InChI is InChI=1S/C18H27N3O3/c1-4-9-20-10-13-5-6-14(20)12-21(11-13)18(22)15-7-8-16(23-2)19-17(15)24-3/h7-8,13-14H,4-6,9-12H2,1-3H3/t13-,14-/m1/s1. The van der Waals surface area contributed by atoms with Gasteiger partial charge in [-0.25, -0.2) is 0 Å². The highest BCUT2D eigenvalue weighted by atomic mass is 16.5. The summed E-state index contributed by atoms with van der Waals surface area (Å²) in [7, 11) is 3.09. The monoisotopic (exact) mass is 333 g/mol. The molecule has 24 heavy (non-hydrogen) atoms. The lowest BCUT2D eigenvalue weighted by molar-refractivity contribution is 0.0733. The predicted octanol–water partition coefficient (Wildman–Crippen LogP) is 2.05. The molecular weight excluding hydrogens is 306 g/mol. The number of carbonyl (C=O) groups is 1. The van der Waals surface area contributed by atoms with E-state index in [1.54, 1.807) is 19.2 Å². The predicted molar refractivity (Wildman–Crippen MR) is 91.6 cm³/mol. The van der Waals surface area contributed by atoms with Gasteiger partial charge in [-0.1, -0.05) is 6.92 Å². The quantitative estimate of drug-likeness (QED) is 0.825. The Hall–Kier alpha value is -1.82.